The van der Waals surface area contributed by atoms with Crippen molar-refractivity contribution in [2.24, 2.45) is 0 Å². The fourth-order valence-corrected chi connectivity index (χ4v) is 1.81. The quantitative estimate of drug-likeness (QED) is 0.526. The second-order valence-corrected chi connectivity index (χ2v) is 5.07. The first-order valence-corrected chi connectivity index (χ1v) is 6.80. The molecule has 0 saturated heterocycles. The van der Waals surface area contributed by atoms with E-state index in [1.165, 1.54) is 43.0 Å². The molecule has 1 aromatic rings. The number of rotatable bonds is 4. The molecule has 0 amide bonds. The molecule has 0 aliphatic heterocycles. The number of halogens is 1. The van der Waals surface area contributed by atoms with Crippen molar-refractivity contribution < 1.29 is 19.1 Å². The van der Waals surface area contributed by atoms with E-state index >= 15 is 0 Å². The van der Waals surface area contributed by atoms with E-state index in [2.05, 4.69) is 11.8 Å². The van der Waals surface area contributed by atoms with E-state index in [-0.39, 0.29) is 10.7 Å². The lowest BCUT2D eigenvalue weighted by Gasteiger charge is -1.97. The summed E-state index contributed by atoms with van der Waals surface area (Å²) in [4.78, 5) is 21.1. The van der Waals surface area contributed by atoms with Crippen LogP contribution in [0.4, 0.5) is 4.39 Å². The molecule has 5 heteroatoms. The summed E-state index contributed by atoms with van der Waals surface area (Å²) in [6, 6.07) is 4.26. The van der Waals surface area contributed by atoms with Gasteiger partial charge in [-0.15, -0.1) is 0 Å². The molecule has 0 aliphatic rings. The van der Waals surface area contributed by atoms with Gasteiger partial charge in [0.2, 0.25) is 0 Å². The van der Waals surface area contributed by atoms with Crippen LogP contribution in [0, 0.1) is 17.7 Å². The lowest BCUT2D eigenvalue weighted by atomic mass is 10.1. The number of hydrogen-bond donors (Lipinski definition) is 1. The number of carboxylic acids is 1. The first kappa shape index (κ1) is 16.0. The smallest absolute Gasteiger partial charge is 0.328 e. The molecule has 0 radical (unpaired) electrons. The molecule has 0 heterocycles. The summed E-state index contributed by atoms with van der Waals surface area (Å²) < 4.78 is 13.4. The maximum Gasteiger partial charge on any atom is 0.328 e. The van der Waals surface area contributed by atoms with Gasteiger partial charge in [-0.25, -0.2) is 9.18 Å². The maximum absolute atomic E-state index is 13.4. The third kappa shape index (κ3) is 6.21. The molecule has 0 spiro atoms. The Bertz CT molecular complexity index is 597. The van der Waals surface area contributed by atoms with Gasteiger partial charge in [0, 0.05) is 36.3 Å². The van der Waals surface area contributed by atoms with Crippen LogP contribution in [0.1, 0.15) is 24.5 Å². The lowest BCUT2D eigenvalue weighted by Crippen LogP contribution is -1.89. The molecule has 0 saturated carbocycles. The highest BCUT2D eigenvalue weighted by Crippen LogP contribution is 2.12. The predicted octanol–water partition coefficient (Wildman–Crippen LogP) is 2.94. The molecule has 1 N–H and O–H groups in total. The SMILES string of the molecule is CC(=O)SCCC#Cc1ccc(F)c(/C=C/C(=O)O)c1. The molecule has 0 bridgehead atoms. The summed E-state index contributed by atoms with van der Waals surface area (Å²) in [5, 5.41) is 8.56. The molecular formula is C15H13FO3S. The van der Waals surface area contributed by atoms with Gasteiger partial charge in [0.15, 0.2) is 5.12 Å². The van der Waals surface area contributed by atoms with Crippen LogP contribution < -0.4 is 0 Å². The molecule has 1 rings (SSSR count). The highest BCUT2D eigenvalue weighted by molar-refractivity contribution is 8.13. The van der Waals surface area contributed by atoms with Crippen molar-refractivity contribution in [3.05, 3.63) is 41.2 Å². The Labute approximate surface area is 120 Å². The summed E-state index contributed by atoms with van der Waals surface area (Å²) >= 11 is 1.21. The Hall–Kier alpha value is -2.06. The number of carbonyl (C=O) groups is 2. The second kappa shape index (κ2) is 8.18. The highest BCUT2D eigenvalue weighted by Gasteiger charge is 2.00. The second-order valence-electron chi connectivity index (χ2n) is 3.80. The fourth-order valence-electron chi connectivity index (χ4n) is 1.32. The zero-order valence-electron chi connectivity index (χ0n) is 10.9. The van der Waals surface area contributed by atoms with Gasteiger partial charge in [-0.2, -0.15) is 0 Å². The number of thioether (sulfide) groups is 1. The summed E-state index contributed by atoms with van der Waals surface area (Å²) in [5.74, 6) is 4.72. The van der Waals surface area contributed by atoms with Crippen molar-refractivity contribution >= 4 is 28.9 Å². The van der Waals surface area contributed by atoms with Gasteiger partial charge in [-0.3, -0.25) is 4.79 Å². The van der Waals surface area contributed by atoms with Gasteiger partial charge >= 0.3 is 5.97 Å². The van der Waals surface area contributed by atoms with Gasteiger partial charge < -0.3 is 5.11 Å². The fraction of sp³-hybridized carbons (Fsp3) is 0.200. The normalized spacial score (nSPS) is 10.1. The van der Waals surface area contributed by atoms with Crippen LogP contribution in [-0.4, -0.2) is 21.9 Å². The highest BCUT2D eigenvalue weighted by atomic mass is 32.2. The van der Waals surface area contributed by atoms with Crippen molar-refractivity contribution in [2.75, 3.05) is 5.75 Å². The Morgan fingerprint density at radius 3 is 2.85 bits per heavy atom. The molecule has 104 valence electrons. The van der Waals surface area contributed by atoms with E-state index in [1.54, 1.807) is 0 Å². The zero-order valence-corrected chi connectivity index (χ0v) is 11.7. The number of carboxylic acid groups (broad SMARTS) is 1. The minimum atomic E-state index is -1.14. The zero-order chi connectivity index (χ0) is 15.0. The van der Waals surface area contributed by atoms with Crippen LogP contribution in [-0.2, 0) is 9.59 Å². The average molecular weight is 292 g/mol. The van der Waals surface area contributed by atoms with Crippen molar-refractivity contribution in [3.63, 3.8) is 0 Å². The van der Waals surface area contributed by atoms with E-state index in [0.717, 1.165) is 6.08 Å². The van der Waals surface area contributed by atoms with Gasteiger partial charge in [-0.1, -0.05) is 23.6 Å². The monoisotopic (exact) mass is 292 g/mol. The van der Waals surface area contributed by atoms with E-state index in [4.69, 9.17) is 5.11 Å². The van der Waals surface area contributed by atoms with E-state index < -0.39 is 11.8 Å². The molecule has 0 fully saturated rings. The molecule has 20 heavy (non-hydrogen) atoms. The summed E-state index contributed by atoms with van der Waals surface area (Å²) in [6.45, 7) is 1.50. The first-order valence-electron chi connectivity index (χ1n) is 5.82. The number of carbonyl (C=O) groups excluding carboxylic acids is 1. The first-order chi connectivity index (χ1) is 9.49. The Balaban J connectivity index is 2.72. The van der Waals surface area contributed by atoms with Crippen LogP contribution in [0.15, 0.2) is 24.3 Å². The van der Waals surface area contributed by atoms with Crippen LogP contribution in [0.3, 0.4) is 0 Å². The van der Waals surface area contributed by atoms with Crippen LogP contribution in [0.5, 0.6) is 0 Å². The van der Waals surface area contributed by atoms with Crippen molar-refractivity contribution in [1.29, 1.82) is 0 Å². The van der Waals surface area contributed by atoms with Gasteiger partial charge in [0.25, 0.3) is 0 Å². The standard InChI is InChI=1S/C15H13FO3S/c1-11(17)20-9-3-2-4-12-5-7-14(16)13(10-12)6-8-15(18)19/h5-8,10H,3,9H2,1H3,(H,18,19)/b8-6+. The number of benzene rings is 1. The minimum absolute atomic E-state index is 0.0506. The topological polar surface area (TPSA) is 54.4 Å². The predicted molar refractivity (Wildman–Crippen MR) is 77.7 cm³/mol. The molecule has 3 nitrogen and oxygen atoms in total. The third-order valence-corrected chi connectivity index (χ3v) is 2.98. The van der Waals surface area contributed by atoms with E-state index in [1.807, 2.05) is 0 Å². The van der Waals surface area contributed by atoms with Crippen molar-refractivity contribution in [1.82, 2.24) is 0 Å². The molecule has 0 atom stereocenters. The Kier molecular flexibility index (Phi) is 6.54. The van der Waals surface area contributed by atoms with E-state index in [0.29, 0.717) is 17.7 Å². The molecular weight excluding hydrogens is 279 g/mol. The maximum atomic E-state index is 13.4. The van der Waals surface area contributed by atoms with Crippen LogP contribution in [0.25, 0.3) is 6.08 Å². The van der Waals surface area contributed by atoms with Crippen molar-refractivity contribution in [3.8, 4) is 11.8 Å². The molecule has 0 aliphatic carbocycles. The van der Waals surface area contributed by atoms with Gasteiger partial charge in [0.1, 0.15) is 5.82 Å². The van der Waals surface area contributed by atoms with Gasteiger partial charge in [0.05, 0.1) is 0 Å². The van der Waals surface area contributed by atoms with Crippen LogP contribution >= 0.6 is 11.8 Å². The summed E-state index contributed by atoms with van der Waals surface area (Å²) in [5.41, 5.74) is 0.779. The number of aliphatic carboxylic acids is 1. The lowest BCUT2D eigenvalue weighted by molar-refractivity contribution is -0.131. The molecule has 0 unspecified atom stereocenters. The molecule has 1 aromatic carbocycles. The third-order valence-electron chi connectivity index (χ3n) is 2.17. The van der Waals surface area contributed by atoms with Crippen molar-refractivity contribution in [2.45, 2.75) is 13.3 Å². The Morgan fingerprint density at radius 1 is 1.45 bits per heavy atom. The minimum Gasteiger partial charge on any atom is -0.478 e. The Morgan fingerprint density at radius 2 is 2.20 bits per heavy atom. The summed E-state index contributed by atoms with van der Waals surface area (Å²) in [7, 11) is 0. The largest absolute Gasteiger partial charge is 0.478 e. The van der Waals surface area contributed by atoms with E-state index in [9.17, 15) is 14.0 Å². The molecule has 0 aromatic heterocycles. The van der Waals surface area contributed by atoms with Crippen LogP contribution in [0.2, 0.25) is 0 Å². The number of hydrogen-bond acceptors (Lipinski definition) is 3. The summed E-state index contributed by atoms with van der Waals surface area (Å²) in [6.07, 6.45) is 2.62. The average Bonchev–Trinajstić information content (AvgIpc) is 2.38. The van der Waals surface area contributed by atoms with Gasteiger partial charge in [-0.05, 0) is 24.3 Å².